The topological polar surface area (TPSA) is 66.2 Å². The summed E-state index contributed by atoms with van der Waals surface area (Å²) in [5, 5.41) is 9.27. The van der Waals surface area contributed by atoms with E-state index >= 15 is 0 Å². The molecule has 0 fully saturated rings. The molecule has 1 aromatic heterocycles. The van der Waals surface area contributed by atoms with E-state index in [0.717, 1.165) is 11.3 Å². The number of ether oxygens (including phenoxy) is 2. The van der Waals surface area contributed by atoms with Gasteiger partial charge in [-0.3, -0.25) is 9.36 Å². The quantitative estimate of drug-likeness (QED) is 0.452. The summed E-state index contributed by atoms with van der Waals surface area (Å²) in [5.41, 5.74) is 1.48. The van der Waals surface area contributed by atoms with Crippen molar-refractivity contribution >= 4 is 29.3 Å². The molecular formula is C19H18ClN3O3S. The lowest BCUT2D eigenvalue weighted by atomic mass is 10.2. The molecule has 0 N–H and O–H groups in total. The van der Waals surface area contributed by atoms with Crippen molar-refractivity contribution in [1.82, 2.24) is 14.8 Å². The molecule has 8 heteroatoms. The first kappa shape index (κ1) is 19.3. The minimum absolute atomic E-state index is 0.339. The number of hydrogen-bond acceptors (Lipinski definition) is 6. The zero-order chi connectivity index (χ0) is 19.4. The summed E-state index contributed by atoms with van der Waals surface area (Å²) >= 11 is 7.64. The van der Waals surface area contributed by atoms with Crippen LogP contribution in [-0.2, 0) is 9.53 Å². The maximum absolute atomic E-state index is 11.9. The fraction of sp³-hybridized carbons (Fsp3) is 0.211. The van der Waals surface area contributed by atoms with Gasteiger partial charge in [0.1, 0.15) is 11.0 Å². The normalized spacial score (nSPS) is 11.9. The van der Waals surface area contributed by atoms with Crippen LogP contribution in [-0.4, -0.2) is 40.2 Å². The molecular weight excluding hydrogens is 386 g/mol. The van der Waals surface area contributed by atoms with Crippen molar-refractivity contribution in [2.45, 2.75) is 17.3 Å². The molecule has 140 valence electrons. The van der Waals surface area contributed by atoms with Crippen molar-refractivity contribution in [3.05, 3.63) is 53.6 Å². The standard InChI is InChI=1S/C19H18ClN3O3S/c1-12(18(24)26-3)27-19-22-21-17(13-8-4-5-9-14(13)20)23(19)15-10-6-7-11-16(15)25-2/h4-12H,1-3H3. The fourth-order valence-electron chi connectivity index (χ4n) is 2.57. The lowest BCUT2D eigenvalue weighted by molar-refractivity contribution is -0.139. The predicted molar refractivity (Wildman–Crippen MR) is 106 cm³/mol. The van der Waals surface area contributed by atoms with Gasteiger partial charge in [-0.1, -0.05) is 47.6 Å². The van der Waals surface area contributed by atoms with E-state index in [0.29, 0.717) is 21.8 Å². The first-order valence-electron chi connectivity index (χ1n) is 8.15. The van der Waals surface area contributed by atoms with Gasteiger partial charge in [0.25, 0.3) is 0 Å². The molecule has 3 rings (SSSR count). The molecule has 1 atom stereocenters. The summed E-state index contributed by atoms with van der Waals surface area (Å²) in [6.07, 6.45) is 0. The van der Waals surface area contributed by atoms with E-state index in [-0.39, 0.29) is 5.97 Å². The van der Waals surface area contributed by atoms with Crippen molar-refractivity contribution in [3.63, 3.8) is 0 Å². The van der Waals surface area contributed by atoms with Gasteiger partial charge in [0, 0.05) is 5.56 Å². The first-order valence-corrected chi connectivity index (χ1v) is 9.40. The molecule has 0 saturated heterocycles. The minimum atomic E-state index is -0.452. The number of benzene rings is 2. The van der Waals surface area contributed by atoms with Gasteiger partial charge >= 0.3 is 5.97 Å². The number of rotatable bonds is 6. The second-order valence-electron chi connectivity index (χ2n) is 5.58. The van der Waals surface area contributed by atoms with Crippen molar-refractivity contribution < 1.29 is 14.3 Å². The maximum Gasteiger partial charge on any atom is 0.318 e. The molecule has 2 aromatic carbocycles. The molecule has 0 radical (unpaired) electrons. The number of nitrogens with zero attached hydrogens (tertiary/aromatic N) is 3. The number of thioether (sulfide) groups is 1. The molecule has 3 aromatic rings. The Morgan fingerprint density at radius 2 is 1.81 bits per heavy atom. The highest BCUT2D eigenvalue weighted by molar-refractivity contribution is 8.00. The van der Waals surface area contributed by atoms with Crippen LogP contribution >= 0.6 is 23.4 Å². The van der Waals surface area contributed by atoms with Crippen LogP contribution in [0.1, 0.15) is 6.92 Å². The Kier molecular flexibility index (Phi) is 6.03. The maximum atomic E-state index is 11.9. The molecule has 0 aliphatic heterocycles. The summed E-state index contributed by atoms with van der Waals surface area (Å²) < 4.78 is 12.2. The van der Waals surface area contributed by atoms with E-state index in [1.165, 1.54) is 18.9 Å². The number of para-hydroxylation sites is 2. The van der Waals surface area contributed by atoms with Gasteiger partial charge in [0.05, 0.1) is 24.9 Å². The smallest absolute Gasteiger partial charge is 0.318 e. The molecule has 0 aliphatic rings. The third-order valence-corrected chi connectivity index (χ3v) is 5.24. The third kappa shape index (κ3) is 3.94. The van der Waals surface area contributed by atoms with Crippen molar-refractivity contribution in [3.8, 4) is 22.8 Å². The van der Waals surface area contributed by atoms with Crippen LogP contribution in [0.25, 0.3) is 17.1 Å². The highest BCUT2D eigenvalue weighted by Gasteiger charge is 2.24. The van der Waals surface area contributed by atoms with Crippen LogP contribution in [0.4, 0.5) is 0 Å². The van der Waals surface area contributed by atoms with Crippen LogP contribution < -0.4 is 4.74 Å². The van der Waals surface area contributed by atoms with Crippen LogP contribution in [0.2, 0.25) is 5.02 Å². The van der Waals surface area contributed by atoms with E-state index in [4.69, 9.17) is 21.1 Å². The van der Waals surface area contributed by atoms with Gasteiger partial charge in [-0.05, 0) is 31.2 Å². The van der Waals surface area contributed by atoms with Crippen LogP contribution in [0.5, 0.6) is 5.75 Å². The van der Waals surface area contributed by atoms with Crippen molar-refractivity contribution in [1.29, 1.82) is 0 Å². The van der Waals surface area contributed by atoms with Gasteiger partial charge < -0.3 is 9.47 Å². The largest absolute Gasteiger partial charge is 0.495 e. The van der Waals surface area contributed by atoms with E-state index in [1.807, 2.05) is 47.0 Å². The van der Waals surface area contributed by atoms with Gasteiger partial charge in [0.2, 0.25) is 0 Å². The average molecular weight is 404 g/mol. The first-order chi connectivity index (χ1) is 13.1. The summed E-state index contributed by atoms with van der Waals surface area (Å²) in [5.74, 6) is 0.872. The molecule has 0 aliphatic carbocycles. The van der Waals surface area contributed by atoms with E-state index in [9.17, 15) is 4.79 Å². The Morgan fingerprint density at radius 1 is 1.11 bits per heavy atom. The van der Waals surface area contributed by atoms with E-state index in [2.05, 4.69) is 10.2 Å². The Bertz CT molecular complexity index is 961. The molecule has 0 amide bonds. The Hall–Kier alpha value is -2.51. The fourth-order valence-corrected chi connectivity index (χ4v) is 3.67. The van der Waals surface area contributed by atoms with Gasteiger partial charge in [-0.25, -0.2) is 0 Å². The summed E-state index contributed by atoms with van der Waals surface area (Å²) in [7, 11) is 2.96. The van der Waals surface area contributed by atoms with Gasteiger partial charge in [0.15, 0.2) is 11.0 Å². The second-order valence-corrected chi connectivity index (χ2v) is 7.29. The minimum Gasteiger partial charge on any atom is -0.495 e. The SMILES string of the molecule is COC(=O)C(C)Sc1nnc(-c2ccccc2Cl)n1-c1ccccc1OC. The summed E-state index contributed by atoms with van der Waals surface area (Å²) in [6, 6.07) is 14.9. The number of carbonyl (C=O) groups is 1. The van der Waals surface area contributed by atoms with E-state index < -0.39 is 5.25 Å². The van der Waals surface area contributed by atoms with Crippen LogP contribution in [0, 0.1) is 0 Å². The highest BCUT2D eigenvalue weighted by atomic mass is 35.5. The van der Waals surface area contributed by atoms with Crippen molar-refractivity contribution in [2.24, 2.45) is 0 Å². The third-order valence-electron chi connectivity index (χ3n) is 3.89. The monoisotopic (exact) mass is 403 g/mol. The zero-order valence-corrected chi connectivity index (χ0v) is 16.6. The number of esters is 1. The molecule has 0 saturated carbocycles. The zero-order valence-electron chi connectivity index (χ0n) is 15.0. The number of hydrogen-bond donors (Lipinski definition) is 0. The lowest BCUT2D eigenvalue weighted by Crippen LogP contribution is -2.15. The van der Waals surface area contributed by atoms with Gasteiger partial charge in [-0.2, -0.15) is 0 Å². The predicted octanol–water partition coefficient (Wildman–Crippen LogP) is 4.25. The molecule has 27 heavy (non-hydrogen) atoms. The molecule has 1 heterocycles. The second kappa shape index (κ2) is 8.45. The van der Waals surface area contributed by atoms with Crippen molar-refractivity contribution in [2.75, 3.05) is 14.2 Å². The van der Waals surface area contributed by atoms with E-state index in [1.54, 1.807) is 20.1 Å². The average Bonchev–Trinajstić information content (AvgIpc) is 3.10. The molecule has 0 bridgehead atoms. The lowest BCUT2D eigenvalue weighted by Gasteiger charge is -2.15. The Morgan fingerprint density at radius 3 is 2.52 bits per heavy atom. The Labute approximate surface area is 166 Å². The van der Waals surface area contributed by atoms with Crippen LogP contribution in [0.15, 0.2) is 53.7 Å². The number of methoxy groups -OCH3 is 2. The number of carbonyl (C=O) groups excluding carboxylic acids is 1. The highest BCUT2D eigenvalue weighted by Crippen LogP contribution is 2.36. The summed E-state index contributed by atoms with van der Waals surface area (Å²) in [4.78, 5) is 11.9. The van der Waals surface area contributed by atoms with Crippen LogP contribution in [0.3, 0.4) is 0 Å². The Balaban J connectivity index is 2.19. The number of halogens is 1. The molecule has 0 spiro atoms. The molecule has 6 nitrogen and oxygen atoms in total. The number of aromatic nitrogens is 3. The van der Waals surface area contributed by atoms with Gasteiger partial charge in [-0.15, -0.1) is 10.2 Å². The molecule has 1 unspecified atom stereocenters. The summed E-state index contributed by atoms with van der Waals surface area (Å²) in [6.45, 7) is 1.76.